The lowest BCUT2D eigenvalue weighted by atomic mass is 10.1. The Morgan fingerprint density at radius 1 is 1.18 bits per heavy atom. The first-order valence-corrected chi connectivity index (χ1v) is 9.53. The van der Waals surface area contributed by atoms with Crippen molar-refractivity contribution < 1.29 is 23.3 Å². The molecule has 28 heavy (non-hydrogen) atoms. The van der Waals surface area contributed by atoms with Gasteiger partial charge in [-0.1, -0.05) is 29.4 Å². The SMILES string of the molecule is Cc1c(C(=O)COC(=O)CCc2nc(-c3cccs3)no2)oc2ccccc12. The first-order valence-electron chi connectivity index (χ1n) is 8.65. The Morgan fingerprint density at radius 3 is 2.82 bits per heavy atom. The second-order valence-electron chi connectivity index (χ2n) is 6.13. The third-order valence-electron chi connectivity index (χ3n) is 4.21. The van der Waals surface area contributed by atoms with Crippen molar-refractivity contribution in [2.24, 2.45) is 0 Å². The minimum Gasteiger partial charge on any atom is -0.457 e. The van der Waals surface area contributed by atoms with Crippen LogP contribution < -0.4 is 0 Å². The van der Waals surface area contributed by atoms with Crippen LogP contribution in [0.5, 0.6) is 0 Å². The Balaban J connectivity index is 1.30. The van der Waals surface area contributed by atoms with Gasteiger partial charge in [0.25, 0.3) is 0 Å². The molecule has 4 rings (SSSR count). The molecule has 0 atom stereocenters. The van der Waals surface area contributed by atoms with E-state index < -0.39 is 5.97 Å². The Kier molecular flexibility index (Phi) is 5.03. The van der Waals surface area contributed by atoms with E-state index in [9.17, 15) is 9.59 Å². The number of rotatable bonds is 7. The minimum atomic E-state index is -0.516. The number of ketones is 1. The lowest BCUT2D eigenvalue weighted by Gasteiger charge is -2.02. The van der Waals surface area contributed by atoms with Crippen LogP contribution in [0.25, 0.3) is 21.7 Å². The molecule has 0 aliphatic rings. The molecule has 3 heterocycles. The summed E-state index contributed by atoms with van der Waals surface area (Å²) in [6, 6.07) is 11.2. The molecule has 142 valence electrons. The molecule has 3 aromatic heterocycles. The fourth-order valence-corrected chi connectivity index (χ4v) is 3.44. The van der Waals surface area contributed by atoms with Gasteiger partial charge in [0.05, 0.1) is 11.3 Å². The van der Waals surface area contributed by atoms with Crippen molar-refractivity contribution in [1.82, 2.24) is 10.1 Å². The number of nitrogens with zero attached hydrogens (tertiary/aromatic N) is 2. The van der Waals surface area contributed by atoms with Gasteiger partial charge in [0.1, 0.15) is 5.58 Å². The predicted octanol–water partition coefficient (Wildman–Crippen LogP) is 4.21. The molecule has 0 unspecified atom stereocenters. The van der Waals surface area contributed by atoms with Gasteiger partial charge in [-0.2, -0.15) is 4.98 Å². The zero-order chi connectivity index (χ0) is 19.5. The number of carbonyl (C=O) groups is 2. The summed E-state index contributed by atoms with van der Waals surface area (Å²) in [5.41, 5.74) is 1.37. The number of Topliss-reactive ketones (excluding diaryl/α,β-unsaturated/α-hetero) is 1. The molecule has 0 saturated carbocycles. The quantitative estimate of drug-likeness (QED) is 0.341. The largest absolute Gasteiger partial charge is 0.457 e. The molecular weight excluding hydrogens is 380 g/mol. The molecule has 1 aromatic carbocycles. The van der Waals surface area contributed by atoms with Gasteiger partial charge in [-0.3, -0.25) is 9.59 Å². The number of para-hydroxylation sites is 1. The number of hydrogen-bond donors (Lipinski definition) is 0. The van der Waals surface area contributed by atoms with E-state index in [0.29, 0.717) is 17.3 Å². The minimum absolute atomic E-state index is 0.0401. The first kappa shape index (κ1) is 18.1. The molecule has 4 aromatic rings. The third-order valence-corrected chi connectivity index (χ3v) is 5.08. The second-order valence-corrected chi connectivity index (χ2v) is 7.07. The fourth-order valence-electron chi connectivity index (χ4n) is 2.80. The van der Waals surface area contributed by atoms with Crippen LogP contribution in [0.15, 0.2) is 50.7 Å². The van der Waals surface area contributed by atoms with Crippen molar-refractivity contribution >= 4 is 34.1 Å². The lowest BCUT2D eigenvalue weighted by Crippen LogP contribution is -2.14. The maximum Gasteiger partial charge on any atom is 0.306 e. The second kappa shape index (κ2) is 7.77. The Bertz CT molecular complexity index is 1130. The topological polar surface area (TPSA) is 95.4 Å². The average Bonchev–Trinajstić information content (AvgIpc) is 3.45. The molecule has 0 bridgehead atoms. The van der Waals surface area contributed by atoms with Gasteiger partial charge in [-0.15, -0.1) is 11.3 Å². The first-order chi connectivity index (χ1) is 13.6. The molecule has 0 aliphatic carbocycles. The summed E-state index contributed by atoms with van der Waals surface area (Å²) in [6.07, 6.45) is 0.285. The number of hydrogen-bond acceptors (Lipinski definition) is 8. The highest BCUT2D eigenvalue weighted by Gasteiger charge is 2.19. The Morgan fingerprint density at radius 2 is 2.04 bits per heavy atom. The summed E-state index contributed by atoms with van der Waals surface area (Å²) in [6.45, 7) is 1.44. The van der Waals surface area contributed by atoms with Crippen LogP contribution in [0.2, 0.25) is 0 Å². The van der Waals surface area contributed by atoms with E-state index in [2.05, 4.69) is 10.1 Å². The molecular formula is C20H16N2O5S. The molecule has 0 radical (unpaired) electrons. The fraction of sp³-hybridized carbons (Fsp3) is 0.200. The number of fused-ring (bicyclic) bond motifs is 1. The number of furan rings is 1. The molecule has 0 amide bonds. The summed E-state index contributed by atoms with van der Waals surface area (Å²) in [7, 11) is 0. The predicted molar refractivity (Wildman–Crippen MR) is 102 cm³/mol. The molecule has 0 N–H and O–H groups in total. The summed E-state index contributed by atoms with van der Waals surface area (Å²) < 4.78 is 15.8. The van der Waals surface area contributed by atoms with Gasteiger partial charge in [0.2, 0.25) is 17.5 Å². The van der Waals surface area contributed by atoms with Gasteiger partial charge in [0, 0.05) is 17.4 Å². The molecule has 0 fully saturated rings. The van der Waals surface area contributed by atoms with Crippen LogP contribution in [0.1, 0.15) is 28.4 Å². The van der Waals surface area contributed by atoms with E-state index in [0.717, 1.165) is 15.8 Å². The highest BCUT2D eigenvalue weighted by atomic mass is 32.1. The van der Waals surface area contributed by atoms with E-state index in [1.54, 1.807) is 6.07 Å². The van der Waals surface area contributed by atoms with Crippen LogP contribution in [0.3, 0.4) is 0 Å². The Labute approximate surface area is 163 Å². The lowest BCUT2D eigenvalue weighted by molar-refractivity contribution is -0.142. The summed E-state index contributed by atoms with van der Waals surface area (Å²) in [5, 5.41) is 6.68. The van der Waals surface area contributed by atoms with E-state index in [4.69, 9.17) is 13.7 Å². The van der Waals surface area contributed by atoms with E-state index in [1.807, 2.05) is 42.6 Å². The van der Waals surface area contributed by atoms with E-state index in [-0.39, 0.29) is 31.0 Å². The number of ether oxygens (including phenoxy) is 1. The van der Waals surface area contributed by atoms with Crippen molar-refractivity contribution in [3.63, 3.8) is 0 Å². The molecule has 0 aliphatic heterocycles. The van der Waals surface area contributed by atoms with Gasteiger partial charge < -0.3 is 13.7 Å². The Hall–Kier alpha value is -3.26. The summed E-state index contributed by atoms with van der Waals surface area (Å²) >= 11 is 1.50. The van der Waals surface area contributed by atoms with Gasteiger partial charge in [-0.05, 0) is 24.4 Å². The van der Waals surface area contributed by atoms with Gasteiger partial charge in [0.15, 0.2) is 12.4 Å². The summed E-state index contributed by atoms with van der Waals surface area (Å²) in [5.74, 6) is 0.165. The maximum atomic E-state index is 12.3. The summed E-state index contributed by atoms with van der Waals surface area (Å²) in [4.78, 5) is 29.4. The molecule has 7 nitrogen and oxygen atoms in total. The molecule has 0 spiro atoms. The standard InChI is InChI=1S/C20H16N2O5S/c1-12-13-5-2-3-6-15(13)26-19(12)14(23)11-25-18(24)9-8-17-21-20(22-27-17)16-7-4-10-28-16/h2-7,10H,8-9,11H2,1H3. The number of aryl methyl sites for hydroxylation is 2. The number of esters is 1. The van der Waals surface area contributed by atoms with Crippen LogP contribution >= 0.6 is 11.3 Å². The highest BCUT2D eigenvalue weighted by Crippen LogP contribution is 2.25. The molecule has 0 saturated heterocycles. The van der Waals surface area contributed by atoms with Gasteiger partial charge >= 0.3 is 5.97 Å². The maximum absolute atomic E-state index is 12.3. The van der Waals surface area contributed by atoms with Crippen molar-refractivity contribution in [2.45, 2.75) is 19.8 Å². The normalized spacial score (nSPS) is 11.0. The average molecular weight is 396 g/mol. The molecule has 8 heteroatoms. The van der Waals surface area contributed by atoms with Crippen LogP contribution in [0, 0.1) is 6.92 Å². The monoisotopic (exact) mass is 396 g/mol. The van der Waals surface area contributed by atoms with Crippen molar-refractivity contribution in [2.75, 3.05) is 6.61 Å². The number of benzene rings is 1. The van der Waals surface area contributed by atoms with Crippen molar-refractivity contribution in [3.8, 4) is 10.7 Å². The van der Waals surface area contributed by atoms with Crippen LogP contribution in [-0.4, -0.2) is 28.5 Å². The number of carbonyl (C=O) groups excluding carboxylic acids is 2. The van der Waals surface area contributed by atoms with Crippen molar-refractivity contribution in [1.29, 1.82) is 0 Å². The zero-order valence-electron chi connectivity index (χ0n) is 15.0. The zero-order valence-corrected chi connectivity index (χ0v) is 15.8. The van der Waals surface area contributed by atoms with Crippen LogP contribution in [-0.2, 0) is 16.0 Å². The van der Waals surface area contributed by atoms with Crippen molar-refractivity contribution in [3.05, 3.63) is 59.0 Å². The van der Waals surface area contributed by atoms with E-state index >= 15 is 0 Å². The highest BCUT2D eigenvalue weighted by molar-refractivity contribution is 7.13. The smallest absolute Gasteiger partial charge is 0.306 e. The number of aromatic nitrogens is 2. The third kappa shape index (κ3) is 3.72. The van der Waals surface area contributed by atoms with Gasteiger partial charge in [-0.25, -0.2) is 0 Å². The van der Waals surface area contributed by atoms with Crippen LogP contribution in [0.4, 0.5) is 0 Å². The van der Waals surface area contributed by atoms with E-state index in [1.165, 1.54) is 11.3 Å². The number of thiophene rings is 1.